The molecule has 5 nitrogen and oxygen atoms in total. The topological polar surface area (TPSA) is 66.1 Å². The lowest BCUT2D eigenvalue weighted by Crippen LogP contribution is -2.49. The first-order chi connectivity index (χ1) is 11.1. The summed E-state index contributed by atoms with van der Waals surface area (Å²) in [6.07, 6.45) is 5.38. The van der Waals surface area contributed by atoms with Crippen molar-refractivity contribution in [3.8, 4) is 0 Å². The molecule has 0 amide bonds. The maximum absolute atomic E-state index is 13.2. The van der Waals surface area contributed by atoms with Gasteiger partial charge in [0, 0.05) is 28.1 Å². The van der Waals surface area contributed by atoms with Crippen molar-refractivity contribution in [1.29, 1.82) is 0 Å². The molecule has 7 heteroatoms. The highest BCUT2D eigenvalue weighted by molar-refractivity contribution is 14.1. The molecule has 2 bridgehead atoms. The zero-order valence-electron chi connectivity index (χ0n) is 12.6. The average Bonchev–Trinajstić information content (AvgIpc) is 3.02. The number of rotatable bonds is 3. The van der Waals surface area contributed by atoms with Crippen LogP contribution in [0, 0.1) is 0 Å². The van der Waals surface area contributed by atoms with Crippen LogP contribution in [0.5, 0.6) is 0 Å². The monoisotopic (exact) mass is 443 g/mol. The maximum atomic E-state index is 13.2. The molecule has 3 heterocycles. The fourth-order valence-corrected chi connectivity index (χ4v) is 6.14. The van der Waals surface area contributed by atoms with Crippen LogP contribution in [-0.4, -0.2) is 29.0 Å². The molecule has 0 aliphatic carbocycles. The zero-order valence-corrected chi connectivity index (χ0v) is 15.5. The molecule has 1 aromatic heterocycles. The molecule has 4 rings (SSSR count). The Hall–Kier alpha value is -0.930. The van der Waals surface area contributed by atoms with Crippen LogP contribution in [-0.2, 0) is 20.9 Å². The van der Waals surface area contributed by atoms with Crippen LogP contribution >= 0.6 is 22.6 Å². The molecule has 2 aromatic rings. The fourth-order valence-electron chi connectivity index (χ4n) is 3.78. The second kappa shape index (κ2) is 5.86. The van der Waals surface area contributed by atoms with E-state index in [2.05, 4.69) is 32.8 Å². The van der Waals surface area contributed by atoms with Gasteiger partial charge in [0.1, 0.15) is 0 Å². The van der Waals surface area contributed by atoms with E-state index in [0.29, 0.717) is 4.90 Å². The minimum atomic E-state index is -3.48. The minimum absolute atomic E-state index is 0.0379. The number of sulfonamides is 1. The summed E-state index contributed by atoms with van der Waals surface area (Å²) >= 11 is 2.28. The van der Waals surface area contributed by atoms with Gasteiger partial charge in [-0.1, -0.05) is 34.7 Å². The Morgan fingerprint density at radius 3 is 2.78 bits per heavy atom. The minimum Gasteiger partial charge on any atom is -0.282 e. The molecule has 2 atom stereocenters. The van der Waals surface area contributed by atoms with E-state index >= 15 is 0 Å². The third-order valence-corrected chi connectivity index (χ3v) is 7.74. The Balaban J connectivity index is 1.76. The third-order valence-electron chi connectivity index (χ3n) is 4.89. The largest absolute Gasteiger partial charge is 0.282 e. The predicted octanol–water partition coefficient (Wildman–Crippen LogP) is 3.19. The summed E-state index contributed by atoms with van der Waals surface area (Å²) in [5.74, 6) is 0. The Morgan fingerprint density at radius 1 is 1.26 bits per heavy atom. The first kappa shape index (κ1) is 15.6. The summed E-state index contributed by atoms with van der Waals surface area (Å²) in [6, 6.07) is 7.25. The van der Waals surface area contributed by atoms with Crippen LogP contribution in [0.25, 0.3) is 0 Å². The van der Waals surface area contributed by atoms with Gasteiger partial charge in [-0.25, -0.2) is 8.42 Å². The summed E-state index contributed by atoms with van der Waals surface area (Å²) in [6.45, 7) is 0. The Bertz CT molecular complexity index is 816. The summed E-state index contributed by atoms with van der Waals surface area (Å²) in [7, 11) is -3.48. The van der Waals surface area contributed by atoms with Crippen LogP contribution in [0.4, 0.5) is 0 Å². The number of piperidine rings is 1. The second-order valence-electron chi connectivity index (χ2n) is 6.22. The average molecular weight is 443 g/mol. The number of aromatic nitrogens is 2. The van der Waals surface area contributed by atoms with E-state index in [1.807, 2.05) is 12.1 Å². The fraction of sp³-hybridized carbons (Fsp3) is 0.438. The molecule has 1 fully saturated rings. The van der Waals surface area contributed by atoms with E-state index < -0.39 is 10.0 Å². The molecule has 122 valence electrons. The van der Waals surface area contributed by atoms with Crippen molar-refractivity contribution >= 4 is 32.6 Å². The summed E-state index contributed by atoms with van der Waals surface area (Å²) in [4.78, 5) is 0.398. The van der Waals surface area contributed by atoms with Crippen LogP contribution in [0.2, 0.25) is 0 Å². The van der Waals surface area contributed by atoms with Gasteiger partial charge < -0.3 is 0 Å². The van der Waals surface area contributed by atoms with Crippen LogP contribution < -0.4 is 0 Å². The number of benzene rings is 1. The van der Waals surface area contributed by atoms with E-state index in [4.69, 9.17) is 0 Å². The standard InChI is InChI=1S/C16H18IN3O2S/c17-9-11-4-6-13(7-5-11)23(21,22)20-12-2-1-3-16(20)14-10-18-19-15(14)8-12/h4-7,10,12,16H,1-3,8-9H2,(H,18,19). The summed E-state index contributed by atoms with van der Waals surface area (Å²) in [5, 5.41) is 7.17. The van der Waals surface area contributed by atoms with Crippen LogP contribution in [0.15, 0.2) is 35.4 Å². The lowest BCUT2D eigenvalue weighted by Gasteiger charge is -2.44. The number of nitrogens with zero attached hydrogens (tertiary/aromatic N) is 2. The van der Waals surface area contributed by atoms with Gasteiger partial charge in [0.05, 0.1) is 17.1 Å². The van der Waals surface area contributed by atoms with Crippen molar-refractivity contribution in [1.82, 2.24) is 14.5 Å². The van der Waals surface area contributed by atoms with Gasteiger partial charge in [-0.15, -0.1) is 0 Å². The number of halogens is 1. The van der Waals surface area contributed by atoms with Crippen molar-refractivity contribution in [2.45, 2.75) is 47.1 Å². The van der Waals surface area contributed by atoms with Gasteiger partial charge in [-0.3, -0.25) is 5.10 Å². The number of hydrogen-bond acceptors (Lipinski definition) is 3. The predicted molar refractivity (Wildman–Crippen MR) is 95.9 cm³/mol. The smallest absolute Gasteiger partial charge is 0.243 e. The number of hydrogen-bond donors (Lipinski definition) is 1. The van der Waals surface area contributed by atoms with Gasteiger partial charge in [0.25, 0.3) is 0 Å². The van der Waals surface area contributed by atoms with Crippen molar-refractivity contribution < 1.29 is 8.42 Å². The van der Waals surface area contributed by atoms with Crippen molar-refractivity contribution in [2.75, 3.05) is 0 Å². The molecule has 1 saturated heterocycles. The summed E-state index contributed by atoms with van der Waals surface area (Å²) < 4.78 is 29.1. The molecule has 1 N–H and O–H groups in total. The third kappa shape index (κ3) is 2.53. The van der Waals surface area contributed by atoms with Gasteiger partial charge in [0.15, 0.2) is 0 Å². The number of H-pyrrole nitrogens is 1. The van der Waals surface area contributed by atoms with Crippen LogP contribution in [0.1, 0.15) is 42.1 Å². The first-order valence-electron chi connectivity index (χ1n) is 7.82. The second-order valence-corrected chi connectivity index (χ2v) is 8.83. The first-order valence-corrected chi connectivity index (χ1v) is 10.8. The van der Waals surface area contributed by atoms with E-state index in [9.17, 15) is 8.42 Å². The Labute approximate surface area is 149 Å². The number of alkyl halides is 1. The molecule has 0 radical (unpaired) electrons. The molecule has 1 aromatic carbocycles. The highest BCUT2D eigenvalue weighted by Gasteiger charge is 2.45. The molecular formula is C16H18IN3O2S. The Morgan fingerprint density at radius 2 is 2.04 bits per heavy atom. The van der Waals surface area contributed by atoms with E-state index in [1.54, 1.807) is 22.6 Å². The van der Waals surface area contributed by atoms with Crippen LogP contribution in [0.3, 0.4) is 0 Å². The molecule has 2 unspecified atom stereocenters. The highest BCUT2D eigenvalue weighted by atomic mass is 127. The van der Waals surface area contributed by atoms with Gasteiger partial charge in [-0.2, -0.15) is 9.40 Å². The van der Waals surface area contributed by atoms with Crippen molar-refractivity contribution in [2.24, 2.45) is 0 Å². The number of aromatic amines is 1. The molecule has 23 heavy (non-hydrogen) atoms. The quantitative estimate of drug-likeness (QED) is 0.586. The SMILES string of the molecule is O=S(=O)(c1ccc(CI)cc1)N1C2CCCC1c1cn[nH]c1C2. The zero-order chi connectivity index (χ0) is 16.0. The van der Waals surface area contributed by atoms with Gasteiger partial charge in [0.2, 0.25) is 10.0 Å². The van der Waals surface area contributed by atoms with Crippen molar-refractivity contribution in [3.63, 3.8) is 0 Å². The highest BCUT2D eigenvalue weighted by Crippen LogP contribution is 2.44. The lowest BCUT2D eigenvalue weighted by atomic mass is 9.86. The van der Waals surface area contributed by atoms with E-state index in [1.165, 1.54) is 0 Å². The Kier molecular flexibility index (Phi) is 3.97. The van der Waals surface area contributed by atoms with Gasteiger partial charge in [-0.05, 0) is 37.0 Å². The van der Waals surface area contributed by atoms with Crippen molar-refractivity contribution in [3.05, 3.63) is 47.3 Å². The normalized spacial score (nSPS) is 24.4. The molecule has 2 aliphatic heterocycles. The van der Waals surface area contributed by atoms with E-state index in [-0.39, 0.29) is 12.1 Å². The maximum Gasteiger partial charge on any atom is 0.243 e. The molecule has 2 aliphatic rings. The lowest BCUT2D eigenvalue weighted by molar-refractivity contribution is 0.162. The number of fused-ring (bicyclic) bond motifs is 4. The number of nitrogens with one attached hydrogen (secondary N) is 1. The molecular weight excluding hydrogens is 425 g/mol. The molecule has 0 spiro atoms. The van der Waals surface area contributed by atoms with Gasteiger partial charge >= 0.3 is 0 Å². The molecule has 0 saturated carbocycles. The summed E-state index contributed by atoms with van der Waals surface area (Å²) in [5.41, 5.74) is 3.29. The van der Waals surface area contributed by atoms with E-state index in [0.717, 1.165) is 46.9 Å².